The number of thioether (sulfide) groups is 1. The lowest BCUT2D eigenvalue weighted by atomic mass is 10.2. The minimum atomic E-state index is 0.761. The number of hydrogen-bond acceptors (Lipinski definition) is 5. The van der Waals surface area contributed by atoms with Crippen molar-refractivity contribution in [3.05, 3.63) is 41.2 Å². The molecule has 3 rings (SSSR count). The summed E-state index contributed by atoms with van der Waals surface area (Å²) in [5, 5.41) is 11.2. The van der Waals surface area contributed by atoms with Crippen LogP contribution in [0.1, 0.15) is 29.8 Å². The summed E-state index contributed by atoms with van der Waals surface area (Å²) in [6.07, 6.45) is 2.66. The first kappa shape index (κ1) is 12.7. The summed E-state index contributed by atoms with van der Waals surface area (Å²) in [7, 11) is 0. The van der Waals surface area contributed by atoms with E-state index in [-0.39, 0.29) is 0 Å². The van der Waals surface area contributed by atoms with Crippen molar-refractivity contribution in [2.45, 2.75) is 43.0 Å². The molecule has 1 saturated carbocycles. The first-order valence-corrected chi connectivity index (χ1v) is 7.53. The minimum absolute atomic E-state index is 0.761. The van der Waals surface area contributed by atoms with E-state index in [0.717, 1.165) is 29.7 Å². The largest absolute Gasteiger partial charge is 0.310 e. The van der Waals surface area contributed by atoms with Crippen molar-refractivity contribution in [3.8, 4) is 0 Å². The topological polar surface area (TPSA) is 51.0 Å². The molecule has 1 aromatic heterocycles. The number of nitrogens with zero attached hydrogens (tertiary/aromatic N) is 2. The molecule has 0 atom stereocenters. The molecular formula is C14H17N3OS. The maximum absolute atomic E-state index is 4.69. The molecule has 0 bridgehead atoms. The number of aromatic nitrogens is 2. The molecule has 1 heterocycles. The van der Waals surface area contributed by atoms with Gasteiger partial charge < -0.3 is 5.32 Å². The zero-order valence-electron chi connectivity index (χ0n) is 10.9. The summed E-state index contributed by atoms with van der Waals surface area (Å²) in [6, 6.07) is 9.46. The lowest BCUT2D eigenvalue weighted by molar-refractivity contribution is 0.302. The zero-order chi connectivity index (χ0) is 13.1. The first-order valence-electron chi connectivity index (χ1n) is 6.54. The van der Waals surface area contributed by atoms with Gasteiger partial charge in [0.25, 0.3) is 0 Å². The van der Waals surface area contributed by atoms with Crippen LogP contribution >= 0.6 is 11.8 Å². The summed E-state index contributed by atoms with van der Waals surface area (Å²) >= 11 is 1.75. The van der Waals surface area contributed by atoms with Gasteiger partial charge >= 0.3 is 0 Å². The molecule has 4 nitrogen and oxygen atoms in total. The number of benzene rings is 1. The Hall–Kier alpha value is -1.33. The van der Waals surface area contributed by atoms with Crippen LogP contribution in [0, 0.1) is 6.92 Å². The zero-order valence-corrected chi connectivity index (χ0v) is 11.7. The van der Waals surface area contributed by atoms with Gasteiger partial charge in [0.1, 0.15) is 11.4 Å². The third-order valence-corrected chi connectivity index (χ3v) is 4.24. The Morgan fingerprint density at radius 3 is 2.68 bits per heavy atom. The van der Waals surface area contributed by atoms with Crippen LogP contribution in [0.15, 0.2) is 33.8 Å². The molecule has 1 aliphatic rings. The standard InChI is InChI=1S/C14H17N3OS/c1-10-14(17-18-16-10)9-19-13-6-2-11(3-7-13)8-15-12-4-5-12/h2-3,6-7,12,15H,4-5,8-9H2,1H3. The van der Waals surface area contributed by atoms with Gasteiger partial charge in [-0.2, -0.15) is 0 Å². The highest BCUT2D eigenvalue weighted by molar-refractivity contribution is 7.98. The van der Waals surface area contributed by atoms with E-state index < -0.39 is 0 Å². The van der Waals surface area contributed by atoms with Gasteiger partial charge in [0.15, 0.2) is 0 Å². The van der Waals surface area contributed by atoms with E-state index in [1.54, 1.807) is 11.8 Å². The van der Waals surface area contributed by atoms with E-state index in [4.69, 9.17) is 4.63 Å². The molecule has 100 valence electrons. The summed E-state index contributed by atoms with van der Waals surface area (Å²) in [5.74, 6) is 0.801. The summed E-state index contributed by atoms with van der Waals surface area (Å²) in [5.41, 5.74) is 3.14. The van der Waals surface area contributed by atoms with Crippen molar-refractivity contribution in [2.24, 2.45) is 0 Å². The second kappa shape index (κ2) is 5.75. The quantitative estimate of drug-likeness (QED) is 0.821. The molecule has 0 radical (unpaired) electrons. The summed E-state index contributed by atoms with van der Waals surface area (Å²) in [4.78, 5) is 1.25. The molecule has 19 heavy (non-hydrogen) atoms. The van der Waals surface area contributed by atoms with Crippen LogP contribution in [0.25, 0.3) is 0 Å². The molecule has 0 saturated heterocycles. The van der Waals surface area contributed by atoms with Gasteiger partial charge in [0.05, 0.1) is 0 Å². The molecule has 0 amide bonds. The number of hydrogen-bond donors (Lipinski definition) is 1. The van der Waals surface area contributed by atoms with E-state index in [2.05, 4.69) is 39.9 Å². The summed E-state index contributed by atoms with van der Waals surface area (Å²) < 4.78 is 4.69. The highest BCUT2D eigenvalue weighted by Gasteiger charge is 2.19. The smallest absolute Gasteiger partial charge is 0.118 e. The van der Waals surface area contributed by atoms with Crippen LogP contribution in [-0.2, 0) is 12.3 Å². The molecule has 1 N–H and O–H groups in total. The van der Waals surface area contributed by atoms with E-state index in [1.165, 1.54) is 23.3 Å². The van der Waals surface area contributed by atoms with Crippen molar-refractivity contribution >= 4 is 11.8 Å². The molecule has 1 aliphatic carbocycles. The molecule has 2 aromatic rings. The fourth-order valence-electron chi connectivity index (χ4n) is 1.79. The Morgan fingerprint density at radius 2 is 2.05 bits per heavy atom. The van der Waals surface area contributed by atoms with Crippen LogP contribution in [-0.4, -0.2) is 16.4 Å². The molecule has 0 unspecified atom stereocenters. The van der Waals surface area contributed by atoms with E-state index in [9.17, 15) is 0 Å². The predicted octanol–water partition coefficient (Wildman–Crippen LogP) is 2.92. The third kappa shape index (κ3) is 3.58. The van der Waals surface area contributed by atoms with Gasteiger partial charge in [-0.25, -0.2) is 4.63 Å². The fraction of sp³-hybridized carbons (Fsp3) is 0.429. The van der Waals surface area contributed by atoms with Gasteiger partial charge in [-0.1, -0.05) is 22.4 Å². The van der Waals surface area contributed by atoms with Gasteiger partial charge in [-0.15, -0.1) is 11.8 Å². The minimum Gasteiger partial charge on any atom is -0.310 e. The maximum atomic E-state index is 4.69. The maximum Gasteiger partial charge on any atom is 0.118 e. The Bertz CT molecular complexity index is 534. The van der Waals surface area contributed by atoms with E-state index >= 15 is 0 Å². The normalized spacial score (nSPS) is 14.8. The number of nitrogens with one attached hydrogen (secondary N) is 1. The average molecular weight is 275 g/mol. The third-order valence-electron chi connectivity index (χ3n) is 3.22. The molecule has 0 spiro atoms. The average Bonchev–Trinajstić information content (AvgIpc) is 3.18. The first-order chi connectivity index (χ1) is 9.31. The van der Waals surface area contributed by atoms with Gasteiger partial charge in [0.2, 0.25) is 0 Å². The van der Waals surface area contributed by atoms with Crippen molar-refractivity contribution < 1.29 is 4.63 Å². The Labute approximate surface area is 116 Å². The van der Waals surface area contributed by atoms with Crippen LogP contribution in [0.2, 0.25) is 0 Å². The molecular weight excluding hydrogens is 258 g/mol. The van der Waals surface area contributed by atoms with E-state index in [0.29, 0.717) is 0 Å². The second-order valence-corrected chi connectivity index (χ2v) is 5.93. The van der Waals surface area contributed by atoms with Crippen LogP contribution in [0.5, 0.6) is 0 Å². The van der Waals surface area contributed by atoms with Crippen LogP contribution in [0.4, 0.5) is 0 Å². The molecule has 0 aliphatic heterocycles. The Balaban J connectivity index is 1.52. The highest BCUT2D eigenvalue weighted by atomic mass is 32.2. The van der Waals surface area contributed by atoms with Crippen molar-refractivity contribution in [1.82, 2.24) is 15.6 Å². The fourth-order valence-corrected chi connectivity index (χ4v) is 2.68. The predicted molar refractivity (Wildman–Crippen MR) is 74.9 cm³/mol. The molecule has 1 fully saturated rings. The van der Waals surface area contributed by atoms with E-state index in [1.807, 2.05) is 6.92 Å². The number of aryl methyl sites for hydroxylation is 1. The van der Waals surface area contributed by atoms with Crippen molar-refractivity contribution in [3.63, 3.8) is 0 Å². The Kier molecular flexibility index (Phi) is 3.84. The monoisotopic (exact) mass is 275 g/mol. The van der Waals surface area contributed by atoms with Crippen LogP contribution < -0.4 is 5.32 Å². The van der Waals surface area contributed by atoms with Crippen molar-refractivity contribution in [2.75, 3.05) is 0 Å². The lowest BCUT2D eigenvalue weighted by Gasteiger charge is -2.04. The second-order valence-electron chi connectivity index (χ2n) is 4.88. The highest BCUT2D eigenvalue weighted by Crippen LogP contribution is 2.24. The number of rotatable bonds is 6. The van der Waals surface area contributed by atoms with Gasteiger partial charge in [-0.3, -0.25) is 0 Å². The lowest BCUT2D eigenvalue weighted by Crippen LogP contribution is -2.14. The van der Waals surface area contributed by atoms with Gasteiger partial charge in [0, 0.05) is 23.2 Å². The SMILES string of the molecule is Cc1nonc1CSc1ccc(CNC2CC2)cc1. The van der Waals surface area contributed by atoms with Gasteiger partial charge in [-0.05, 0) is 37.5 Å². The van der Waals surface area contributed by atoms with Crippen molar-refractivity contribution in [1.29, 1.82) is 0 Å². The summed E-state index contributed by atoms with van der Waals surface area (Å²) in [6.45, 7) is 2.89. The van der Waals surface area contributed by atoms with Crippen LogP contribution in [0.3, 0.4) is 0 Å². The molecule has 1 aromatic carbocycles. The molecule has 5 heteroatoms. The Morgan fingerprint density at radius 1 is 1.26 bits per heavy atom.